The van der Waals surface area contributed by atoms with Crippen molar-refractivity contribution in [1.29, 1.82) is 0 Å². The maximum absolute atomic E-state index is 10.8. The Hall–Kier alpha value is -1.58. The van der Waals surface area contributed by atoms with E-state index in [0.29, 0.717) is 5.82 Å². The Labute approximate surface area is 94.7 Å². The third-order valence-electron chi connectivity index (χ3n) is 3.14. The van der Waals surface area contributed by atoms with Crippen LogP contribution >= 0.6 is 0 Å². The van der Waals surface area contributed by atoms with Crippen molar-refractivity contribution in [2.75, 3.05) is 5.32 Å². The predicted molar refractivity (Wildman–Crippen MR) is 61.7 cm³/mol. The predicted octanol–water partition coefficient (Wildman–Crippen LogP) is 2.52. The highest BCUT2D eigenvalue weighted by Crippen LogP contribution is 2.32. The number of nitrogens with one attached hydrogen (secondary N) is 1. The zero-order valence-electron chi connectivity index (χ0n) is 9.36. The van der Waals surface area contributed by atoms with Gasteiger partial charge in [-0.15, -0.1) is 0 Å². The highest BCUT2D eigenvalue weighted by atomic mass is 16.4. The van der Waals surface area contributed by atoms with E-state index in [0.717, 1.165) is 12.8 Å². The number of anilines is 1. The number of carbonyl (C=O) groups is 1. The third-order valence-corrected chi connectivity index (χ3v) is 3.14. The number of rotatable bonds is 3. The average molecular weight is 220 g/mol. The van der Waals surface area contributed by atoms with E-state index in [1.165, 1.54) is 25.1 Å². The summed E-state index contributed by atoms with van der Waals surface area (Å²) in [6.07, 6.45) is 6.21. The van der Waals surface area contributed by atoms with Gasteiger partial charge in [0.15, 0.2) is 0 Å². The first kappa shape index (κ1) is 10.9. The van der Waals surface area contributed by atoms with Gasteiger partial charge in [0.25, 0.3) is 0 Å². The Morgan fingerprint density at radius 1 is 1.50 bits per heavy atom. The fourth-order valence-electron chi connectivity index (χ4n) is 2.22. The molecule has 0 aliphatic heterocycles. The van der Waals surface area contributed by atoms with Crippen LogP contribution in [0.5, 0.6) is 0 Å². The normalized spacial score (nSPS) is 18.3. The van der Waals surface area contributed by atoms with Gasteiger partial charge in [-0.3, -0.25) is 0 Å². The summed E-state index contributed by atoms with van der Waals surface area (Å²) in [5, 5.41) is 12.2. The number of nitrogens with zero attached hydrogens (tertiary/aromatic N) is 1. The van der Waals surface area contributed by atoms with Crippen molar-refractivity contribution >= 4 is 11.8 Å². The number of carboxylic acids is 1. The number of carboxylic acid groups (broad SMARTS) is 1. The Bertz CT molecular complexity index is 398. The van der Waals surface area contributed by atoms with Crippen LogP contribution in [0.3, 0.4) is 0 Å². The first-order valence-corrected chi connectivity index (χ1v) is 5.57. The van der Waals surface area contributed by atoms with E-state index in [1.54, 1.807) is 6.07 Å². The van der Waals surface area contributed by atoms with Gasteiger partial charge in [0.05, 0.1) is 5.56 Å². The smallest absolute Gasteiger partial charge is 0.335 e. The molecule has 1 aliphatic rings. The summed E-state index contributed by atoms with van der Waals surface area (Å²) in [6, 6.07) is 3.09. The maximum Gasteiger partial charge on any atom is 0.335 e. The molecular formula is C12H16N2O2. The molecule has 0 atom stereocenters. The minimum Gasteiger partial charge on any atom is -0.478 e. The molecule has 1 heterocycles. The summed E-state index contributed by atoms with van der Waals surface area (Å²) in [6.45, 7) is 2.16. The molecule has 0 unspecified atom stereocenters. The minimum absolute atomic E-state index is 0.0735. The van der Waals surface area contributed by atoms with E-state index in [4.69, 9.17) is 5.11 Å². The lowest BCUT2D eigenvalue weighted by molar-refractivity contribution is 0.0697. The highest BCUT2D eigenvalue weighted by Gasteiger charge is 2.28. The molecule has 0 aromatic carbocycles. The van der Waals surface area contributed by atoms with Crippen molar-refractivity contribution in [3.8, 4) is 0 Å². The fraction of sp³-hybridized carbons (Fsp3) is 0.500. The monoisotopic (exact) mass is 220 g/mol. The molecule has 2 rings (SSSR count). The molecule has 16 heavy (non-hydrogen) atoms. The topological polar surface area (TPSA) is 62.2 Å². The molecule has 0 amide bonds. The Morgan fingerprint density at radius 2 is 2.19 bits per heavy atom. The van der Waals surface area contributed by atoms with E-state index in [1.807, 2.05) is 0 Å². The molecule has 1 saturated carbocycles. The van der Waals surface area contributed by atoms with Crippen LogP contribution in [-0.4, -0.2) is 21.6 Å². The summed E-state index contributed by atoms with van der Waals surface area (Å²) in [7, 11) is 0. The van der Waals surface area contributed by atoms with Crippen LogP contribution in [0.1, 0.15) is 43.0 Å². The van der Waals surface area contributed by atoms with Crippen molar-refractivity contribution in [2.45, 2.75) is 38.1 Å². The van der Waals surface area contributed by atoms with Gasteiger partial charge in [-0.2, -0.15) is 0 Å². The van der Waals surface area contributed by atoms with Gasteiger partial charge in [0.2, 0.25) is 0 Å². The Morgan fingerprint density at radius 3 is 2.81 bits per heavy atom. The molecule has 0 saturated heterocycles. The maximum atomic E-state index is 10.8. The largest absolute Gasteiger partial charge is 0.478 e. The van der Waals surface area contributed by atoms with E-state index in [-0.39, 0.29) is 11.1 Å². The summed E-state index contributed by atoms with van der Waals surface area (Å²) in [5.41, 5.74) is 0.350. The zero-order chi connectivity index (χ0) is 11.6. The van der Waals surface area contributed by atoms with Gasteiger partial charge in [-0.25, -0.2) is 9.78 Å². The molecule has 0 spiro atoms. The van der Waals surface area contributed by atoms with Crippen LogP contribution in [0.4, 0.5) is 5.82 Å². The second kappa shape index (κ2) is 4.12. The van der Waals surface area contributed by atoms with Gasteiger partial charge in [-0.05, 0) is 31.9 Å². The lowest BCUT2D eigenvalue weighted by Crippen LogP contribution is -2.31. The molecule has 4 nitrogen and oxygen atoms in total. The second-order valence-corrected chi connectivity index (χ2v) is 4.63. The van der Waals surface area contributed by atoms with Crippen molar-refractivity contribution in [1.82, 2.24) is 4.98 Å². The van der Waals surface area contributed by atoms with Crippen LogP contribution in [0.25, 0.3) is 0 Å². The van der Waals surface area contributed by atoms with Crippen molar-refractivity contribution in [3.05, 3.63) is 23.9 Å². The number of aromatic nitrogens is 1. The first-order valence-electron chi connectivity index (χ1n) is 5.57. The van der Waals surface area contributed by atoms with Crippen molar-refractivity contribution < 1.29 is 9.90 Å². The molecule has 0 bridgehead atoms. The Kier molecular flexibility index (Phi) is 2.81. The molecule has 2 N–H and O–H groups in total. The SMILES string of the molecule is CC1(Nc2cc(C(=O)O)ccn2)CCCC1. The summed E-state index contributed by atoms with van der Waals surface area (Å²) in [4.78, 5) is 15.0. The van der Waals surface area contributed by atoms with E-state index in [9.17, 15) is 4.79 Å². The summed E-state index contributed by atoms with van der Waals surface area (Å²) in [5.74, 6) is -0.258. The average Bonchev–Trinajstić information content (AvgIpc) is 2.65. The molecule has 1 aromatic heterocycles. The first-order chi connectivity index (χ1) is 7.59. The molecule has 1 aromatic rings. The van der Waals surface area contributed by atoms with Gasteiger partial charge >= 0.3 is 5.97 Å². The van der Waals surface area contributed by atoms with Crippen LogP contribution in [-0.2, 0) is 0 Å². The molecule has 1 aliphatic carbocycles. The lowest BCUT2D eigenvalue weighted by Gasteiger charge is -2.25. The fourth-order valence-corrected chi connectivity index (χ4v) is 2.22. The van der Waals surface area contributed by atoms with E-state index < -0.39 is 5.97 Å². The number of hydrogen-bond donors (Lipinski definition) is 2. The summed E-state index contributed by atoms with van der Waals surface area (Å²) >= 11 is 0. The van der Waals surface area contributed by atoms with Crippen LogP contribution < -0.4 is 5.32 Å². The third kappa shape index (κ3) is 2.32. The van der Waals surface area contributed by atoms with Crippen LogP contribution in [0.2, 0.25) is 0 Å². The standard InChI is InChI=1S/C12H16N2O2/c1-12(5-2-3-6-12)14-10-8-9(11(15)16)4-7-13-10/h4,7-8H,2-3,5-6H2,1H3,(H,13,14)(H,15,16). The zero-order valence-corrected chi connectivity index (χ0v) is 9.36. The van der Waals surface area contributed by atoms with E-state index in [2.05, 4.69) is 17.2 Å². The highest BCUT2D eigenvalue weighted by molar-refractivity contribution is 5.88. The van der Waals surface area contributed by atoms with Gasteiger partial charge < -0.3 is 10.4 Å². The van der Waals surface area contributed by atoms with Gasteiger partial charge in [0.1, 0.15) is 5.82 Å². The number of hydrogen-bond acceptors (Lipinski definition) is 3. The minimum atomic E-state index is -0.915. The van der Waals surface area contributed by atoms with Crippen molar-refractivity contribution in [3.63, 3.8) is 0 Å². The molecule has 86 valence electrons. The molecule has 0 radical (unpaired) electrons. The van der Waals surface area contributed by atoms with Crippen LogP contribution in [0, 0.1) is 0 Å². The molecule has 4 heteroatoms. The van der Waals surface area contributed by atoms with Crippen LogP contribution in [0.15, 0.2) is 18.3 Å². The second-order valence-electron chi connectivity index (χ2n) is 4.63. The van der Waals surface area contributed by atoms with Gasteiger partial charge in [-0.1, -0.05) is 12.8 Å². The quantitative estimate of drug-likeness (QED) is 0.821. The Balaban J connectivity index is 2.15. The number of pyridine rings is 1. The van der Waals surface area contributed by atoms with Crippen molar-refractivity contribution in [2.24, 2.45) is 0 Å². The molecule has 1 fully saturated rings. The van der Waals surface area contributed by atoms with Gasteiger partial charge in [0, 0.05) is 11.7 Å². The van der Waals surface area contributed by atoms with E-state index >= 15 is 0 Å². The summed E-state index contributed by atoms with van der Waals surface area (Å²) < 4.78 is 0. The lowest BCUT2D eigenvalue weighted by atomic mass is 10.0. The number of aromatic carboxylic acids is 1. The molecular weight excluding hydrogens is 204 g/mol.